The van der Waals surface area contributed by atoms with Crippen LogP contribution in [0.3, 0.4) is 0 Å². The van der Waals surface area contributed by atoms with Gasteiger partial charge in [-0.05, 0) is 25.0 Å². The van der Waals surface area contributed by atoms with E-state index in [1.165, 1.54) is 5.69 Å². The third-order valence-corrected chi connectivity index (χ3v) is 3.22. The first-order valence-electron chi connectivity index (χ1n) is 7.12. The van der Waals surface area contributed by atoms with Crippen LogP contribution in [0, 0.1) is 17.2 Å². The molecule has 4 nitrogen and oxygen atoms in total. The number of nitrogens with one attached hydrogen (secondary N) is 1. The average molecular weight is 273 g/mol. The molecular weight excluding hydrogens is 250 g/mol. The van der Waals surface area contributed by atoms with E-state index in [9.17, 15) is 4.79 Å². The third-order valence-electron chi connectivity index (χ3n) is 3.22. The van der Waals surface area contributed by atoms with E-state index < -0.39 is 5.92 Å². The number of benzene rings is 1. The second-order valence-corrected chi connectivity index (χ2v) is 4.87. The summed E-state index contributed by atoms with van der Waals surface area (Å²) in [6.45, 7) is 3.46. The lowest BCUT2D eigenvalue weighted by Crippen LogP contribution is -2.32. The zero-order valence-corrected chi connectivity index (χ0v) is 12.3. The molecule has 0 saturated heterocycles. The molecule has 108 valence electrons. The summed E-state index contributed by atoms with van der Waals surface area (Å²) in [4.78, 5) is 13.9. The van der Waals surface area contributed by atoms with E-state index in [4.69, 9.17) is 5.26 Å². The summed E-state index contributed by atoms with van der Waals surface area (Å²) >= 11 is 0. The summed E-state index contributed by atoms with van der Waals surface area (Å²) in [7, 11) is 2.03. The quantitative estimate of drug-likeness (QED) is 0.741. The standard InChI is InChI=1S/C16H23N3O/c1-3-8-14(13-17)16(20)18-11-7-12-19(2)15-9-5-4-6-10-15/h4-6,9-10,14H,3,7-8,11-12H2,1-2H3,(H,18,20). The van der Waals surface area contributed by atoms with Crippen LogP contribution in [-0.2, 0) is 4.79 Å². The second kappa shape index (κ2) is 8.98. The molecule has 4 heteroatoms. The minimum Gasteiger partial charge on any atom is -0.375 e. The zero-order chi connectivity index (χ0) is 14.8. The molecule has 0 radical (unpaired) electrons. The summed E-state index contributed by atoms with van der Waals surface area (Å²) in [5.74, 6) is -0.649. The van der Waals surface area contributed by atoms with Crippen LogP contribution in [-0.4, -0.2) is 26.0 Å². The monoisotopic (exact) mass is 273 g/mol. The smallest absolute Gasteiger partial charge is 0.237 e. The Balaban J connectivity index is 2.25. The summed E-state index contributed by atoms with van der Waals surface area (Å²) in [5, 5.41) is 11.7. The van der Waals surface area contributed by atoms with Gasteiger partial charge in [-0.2, -0.15) is 5.26 Å². The van der Waals surface area contributed by atoms with Crippen molar-refractivity contribution in [2.75, 3.05) is 25.0 Å². The Morgan fingerprint density at radius 3 is 2.70 bits per heavy atom. The molecule has 1 unspecified atom stereocenters. The molecule has 0 saturated carbocycles. The van der Waals surface area contributed by atoms with Gasteiger partial charge in [0, 0.05) is 25.8 Å². The Morgan fingerprint density at radius 2 is 2.10 bits per heavy atom. The lowest BCUT2D eigenvalue weighted by molar-refractivity contribution is -0.123. The number of rotatable bonds is 8. The van der Waals surface area contributed by atoms with Crippen LogP contribution in [0.5, 0.6) is 0 Å². The van der Waals surface area contributed by atoms with E-state index in [1.54, 1.807) is 0 Å². The second-order valence-electron chi connectivity index (χ2n) is 4.87. The number of anilines is 1. The maximum absolute atomic E-state index is 11.7. The van der Waals surface area contributed by atoms with Crippen LogP contribution in [0.15, 0.2) is 30.3 Å². The molecule has 0 aliphatic carbocycles. The molecule has 1 rings (SSSR count). The van der Waals surface area contributed by atoms with Gasteiger partial charge in [-0.25, -0.2) is 0 Å². The number of carbonyl (C=O) groups excluding carboxylic acids is 1. The molecule has 0 heterocycles. The van der Waals surface area contributed by atoms with Gasteiger partial charge in [0.15, 0.2) is 0 Å². The fraction of sp³-hybridized carbons (Fsp3) is 0.500. The molecule has 1 atom stereocenters. The van der Waals surface area contributed by atoms with Gasteiger partial charge in [0.05, 0.1) is 6.07 Å². The van der Waals surface area contributed by atoms with Crippen molar-refractivity contribution < 1.29 is 4.79 Å². The van der Waals surface area contributed by atoms with E-state index >= 15 is 0 Å². The van der Waals surface area contributed by atoms with Gasteiger partial charge in [0.1, 0.15) is 5.92 Å². The van der Waals surface area contributed by atoms with Crippen LogP contribution in [0.25, 0.3) is 0 Å². The summed E-state index contributed by atoms with van der Waals surface area (Å²) in [6, 6.07) is 12.2. The van der Waals surface area contributed by atoms with Crippen molar-refractivity contribution in [2.24, 2.45) is 5.92 Å². The fourth-order valence-electron chi connectivity index (χ4n) is 2.01. The van der Waals surface area contributed by atoms with Crippen LogP contribution < -0.4 is 10.2 Å². The first kappa shape index (κ1) is 16.0. The van der Waals surface area contributed by atoms with Crippen molar-refractivity contribution in [1.29, 1.82) is 5.26 Å². The first-order chi connectivity index (χ1) is 9.69. The maximum Gasteiger partial charge on any atom is 0.237 e. The number of carbonyl (C=O) groups is 1. The van der Waals surface area contributed by atoms with Crippen molar-refractivity contribution >= 4 is 11.6 Å². The highest BCUT2D eigenvalue weighted by atomic mass is 16.1. The normalized spacial score (nSPS) is 11.4. The molecule has 20 heavy (non-hydrogen) atoms. The average Bonchev–Trinajstić information content (AvgIpc) is 2.49. The largest absolute Gasteiger partial charge is 0.375 e. The van der Waals surface area contributed by atoms with Crippen LogP contribution in [0.4, 0.5) is 5.69 Å². The number of nitriles is 1. The van der Waals surface area contributed by atoms with Gasteiger partial charge >= 0.3 is 0 Å². The number of nitrogens with zero attached hydrogens (tertiary/aromatic N) is 2. The Morgan fingerprint density at radius 1 is 1.40 bits per heavy atom. The molecule has 0 bridgehead atoms. The van der Waals surface area contributed by atoms with Gasteiger partial charge < -0.3 is 10.2 Å². The van der Waals surface area contributed by atoms with E-state index in [1.807, 2.05) is 32.2 Å². The molecule has 1 N–H and O–H groups in total. The van der Waals surface area contributed by atoms with Crippen molar-refractivity contribution in [3.05, 3.63) is 30.3 Å². The lowest BCUT2D eigenvalue weighted by atomic mass is 10.1. The molecule has 1 aromatic carbocycles. The number of para-hydroxylation sites is 1. The minimum absolute atomic E-state index is 0.142. The predicted molar refractivity (Wildman–Crippen MR) is 81.3 cm³/mol. The first-order valence-corrected chi connectivity index (χ1v) is 7.12. The number of hydrogen-bond donors (Lipinski definition) is 1. The Kier molecular flexibility index (Phi) is 7.20. The minimum atomic E-state index is -0.508. The van der Waals surface area contributed by atoms with E-state index in [0.29, 0.717) is 13.0 Å². The highest BCUT2D eigenvalue weighted by molar-refractivity contribution is 5.80. The van der Waals surface area contributed by atoms with Gasteiger partial charge in [-0.1, -0.05) is 31.5 Å². The van der Waals surface area contributed by atoms with Gasteiger partial charge in [0.25, 0.3) is 0 Å². The van der Waals surface area contributed by atoms with Crippen LogP contribution in [0.2, 0.25) is 0 Å². The Labute approximate surface area is 121 Å². The molecule has 1 aromatic rings. The Hall–Kier alpha value is -2.02. The van der Waals surface area contributed by atoms with Gasteiger partial charge in [0.2, 0.25) is 5.91 Å². The predicted octanol–water partition coefficient (Wildman–Crippen LogP) is 2.57. The SMILES string of the molecule is CCCC(C#N)C(=O)NCCCN(C)c1ccccc1. The summed E-state index contributed by atoms with van der Waals surface area (Å²) in [6.07, 6.45) is 2.34. The van der Waals surface area contributed by atoms with Crippen molar-refractivity contribution in [2.45, 2.75) is 26.2 Å². The molecule has 0 fully saturated rings. The summed E-state index contributed by atoms with van der Waals surface area (Å²) in [5.41, 5.74) is 1.17. The molecule has 0 aliphatic heterocycles. The van der Waals surface area contributed by atoms with Crippen molar-refractivity contribution in [1.82, 2.24) is 5.32 Å². The number of amides is 1. The maximum atomic E-state index is 11.7. The highest BCUT2D eigenvalue weighted by Gasteiger charge is 2.15. The molecule has 0 aliphatic rings. The number of hydrogen-bond acceptors (Lipinski definition) is 3. The molecular formula is C16H23N3O. The van der Waals surface area contributed by atoms with Crippen LogP contribution in [0.1, 0.15) is 26.2 Å². The highest BCUT2D eigenvalue weighted by Crippen LogP contribution is 2.10. The van der Waals surface area contributed by atoms with Crippen molar-refractivity contribution in [3.8, 4) is 6.07 Å². The van der Waals surface area contributed by atoms with Gasteiger partial charge in [-0.15, -0.1) is 0 Å². The topological polar surface area (TPSA) is 56.1 Å². The summed E-state index contributed by atoms with van der Waals surface area (Å²) < 4.78 is 0. The Bertz CT molecular complexity index is 439. The third kappa shape index (κ3) is 5.31. The van der Waals surface area contributed by atoms with E-state index in [2.05, 4.69) is 28.4 Å². The van der Waals surface area contributed by atoms with Crippen LogP contribution >= 0.6 is 0 Å². The molecule has 0 aromatic heterocycles. The lowest BCUT2D eigenvalue weighted by Gasteiger charge is -2.19. The fourth-order valence-corrected chi connectivity index (χ4v) is 2.01. The van der Waals surface area contributed by atoms with Gasteiger partial charge in [-0.3, -0.25) is 4.79 Å². The molecule has 1 amide bonds. The zero-order valence-electron chi connectivity index (χ0n) is 12.3. The van der Waals surface area contributed by atoms with E-state index in [0.717, 1.165) is 19.4 Å². The van der Waals surface area contributed by atoms with E-state index in [-0.39, 0.29) is 5.91 Å². The molecule has 0 spiro atoms. The van der Waals surface area contributed by atoms with Crippen molar-refractivity contribution in [3.63, 3.8) is 0 Å².